The highest BCUT2D eigenvalue weighted by Crippen LogP contribution is 2.18. The average molecular weight is 261 g/mol. The monoisotopic (exact) mass is 261 g/mol. The number of hydrogen-bond acceptors (Lipinski definition) is 3. The van der Waals surface area contributed by atoms with Gasteiger partial charge < -0.3 is 9.64 Å². The predicted molar refractivity (Wildman–Crippen MR) is 72.0 cm³/mol. The van der Waals surface area contributed by atoms with Crippen LogP contribution in [0.25, 0.3) is 0 Å². The van der Waals surface area contributed by atoms with Crippen molar-refractivity contribution in [3.63, 3.8) is 0 Å². The molecule has 0 unspecified atom stereocenters. The number of carbonyl (C=O) groups excluding carboxylic acids is 2. The van der Waals surface area contributed by atoms with E-state index in [-0.39, 0.29) is 6.04 Å². The Bertz CT molecular complexity index is 442. The van der Waals surface area contributed by atoms with Gasteiger partial charge in [0.1, 0.15) is 0 Å². The zero-order chi connectivity index (χ0) is 13.7. The molecule has 0 N–H and O–H groups in total. The Morgan fingerprint density at radius 2 is 2.00 bits per heavy atom. The fourth-order valence-electron chi connectivity index (χ4n) is 2.48. The van der Waals surface area contributed by atoms with Crippen molar-refractivity contribution in [2.24, 2.45) is 0 Å². The summed E-state index contributed by atoms with van der Waals surface area (Å²) in [4.78, 5) is 26.1. The van der Waals surface area contributed by atoms with Crippen LogP contribution >= 0.6 is 0 Å². The van der Waals surface area contributed by atoms with Crippen LogP contribution in [0.5, 0.6) is 0 Å². The lowest BCUT2D eigenvalue weighted by atomic mass is 10.0. The molecule has 1 aromatic carbocycles. The number of hydrogen-bond donors (Lipinski definition) is 0. The van der Waals surface area contributed by atoms with Crippen molar-refractivity contribution in [1.29, 1.82) is 0 Å². The largest absolute Gasteiger partial charge is 0.383 e. The third kappa shape index (κ3) is 3.20. The molecule has 1 amide bonds. The second kappa shape index (κ2) is 6.48. The summed E-state index contributed by atoms with van der Waals surface area (Å²) in [6.45, 7) is 1.14. The first-order chi connectivity index (χ1) is 9.24. The number of Topliss-reactive ketones (excluding diaryl/α,β-unsaturated/α-hetero) is 1. The molecule has 1 atom stereocenters. The second-order valence-corrected chi connectivity index (χ2v) is 4.80. The van der Waals surface area contributed by atoms with E-state index in [9.17, 15) is 9.59 Å². The molecular formula is C15H19NO3. The molecule has 1 aliphatic heterocycles. The maximum Gasteiger partial charge on any atom is 0.295 e. The fraction of sp³-hybridized carbons (Fsp3) is 0.467. The minimum atomic E-state index is -0.427. The maximum atomic E-state index is 12.3. The molecule has 19 heavy (non-hydrogen) atoms. The number of ketones is 1. The van der Waals surface area contributed by atoms with Crippen LogP contribution in [0.2, 0.25) is 0 Å². The van der Waals surface area contributed by atoms with E-state index >= 15 is 0 Å². The van der Waals surface area contributed by atoms with Crippen molar-refractivity contribution >= 4 is 11.7 Å². The number of carbonyl (C=O) groups is 2. The third-order valence-electron chi connectivity index (χ3n) is 3.48. The minimum absolute atomic E-state index is 0.0268. The van der Waals surface area contributed by atoms with E-state index < -0.39 is 11.7 Å². The van der Waals surface area contributed by atoms with Crippen molar-refractivity contribution in [3.8, 4) is 0 Å². The van der Waals surface area contributed by atoms with Gasteiger partial charge in [-0.05, 0) is 19.3 Å². The lowest BCUT2D eigenvalue weighted by Crippen LogP contribution is -2.48. The lowest BCUT2D eigenvalue weighted by Gasteiger charge is -2.34. The molecule has 0 radical (unpaired) electrons. The summed E-state index contributed by atoms with van der Waals surface area (Å²) in [6.07, 6.45) is 2.94. The topological polar surface area (TPSA) is 46.6 Å². The van der Waals surface area contributed by atoms with E-state index in [1.165, 1.54) is 0 Å². The molecule has 1 saturated heterocycles. The number of rotatable bonds is 4. The number of likely N-dealkylation sites (tertiary alicyclic amines) is 1. The highest BCUT2D eigenvalue weighted by atomic mass is 16.5. The zero-order valence-electron chi connectivity index (χ0n) is 11.2. The van der Waals surface area contributed by atoms with Gasteiger partial charge in [0, 0.05) is 19.2 Å². The van der Waals surface area contributed by atoms with E-state index in [1.807, 2.05) is 6.07 Å². The standard InChI is InChI=1S/C15H19NO3/c1-19-11-13-9-5-6-10-16(13)15(18)14(17)12-7-3-2-4-8-12/h2-4,7-8,13H,5-6,9-11H2,1H3/t13-/m1/s1. The van der Waals surface area contributed by atoms with E-state index in [4.69, 9.17) is 4.74 Å². The summed E-state index contributed by atoms with van der Waals surface area (Å²) < 4.78 is 5.14. The Balaban J connectivity index is 2.11. The fourth-order valence-corrected chi connectivity index (χ4v) is 2.48. The first kappa shape index (κ1) is 13.7. The first-order valence-electron chi connectivity index (χ1n) is 6.63. The van der Waals surface area contributed by atoms with E-state index in [1.54, 1.807) is 36.3 Å². The first-order valence-corrected chi connectivity index (χ1v) is 6.63. The van der Waals surface area contributed by atoms with Crippen LogP contribution < -0.4 is 0 Å². The Morgan fingerprint density at radius 1 is 1.26 bits per heavy atom. The predicted octanol–water partition coefficient (Wildman–Crippen LogP) is 1.90. The number of amides is 1. The van der Waals surface area contributed by atoms with Crippen LogP contribution in [0, 0.1) is 0 Å². The van der Waals surface area contributed by atoms with E-state index in [2.05, 4.69) is 0 Å². The number of methoxy groups -OCH3 is 1. The smallest absolute Gasteiger partial charge is 0.295 e. The lowest BCUT2D eigenvalue weighted by molar-refractivity contribution is -0.131. The van der Waals surface area contributed by atoms with Gasteiger partial charge >= 0.3 is 0 Å². The molecule has 1 heterocycles. The SMILES string of the molecule is COC[C@H]1CCCCN1C(=O)C(=O)c1ccccc1. The van der Waals surface area contributed by atoms with Crippen LogP contribution in [-0.2, 0) is 9.53 Å². The molecule has 0 spiro atoms. The van der Waals surface area contributed by atoms with Gasteiger partial charge in [-0.15, -0.1) is 0 Å². The van der Waals surface area contributed by atoms with Crippen molar-refractivity contribution in [2.45, 2.75) is 25.3 Å². The van der Waals surface area contributed by atoms with Gasteiger partial charge in [-0.3, -0.25) is 9.59 Å². The summed E-state index contributed by atoms with van der Waals surface area (Å²) >= 11 is 0. The van der Waals surface area contributed by atoms with Gasteiger partial charge in [0.15, 0.2) is 0 Å². The number of ether oxygens (including phenoxy) is 1. The van der Waals surface area contributed by atoms with Gasteiger partial charge in [-0.25, -0.2) is 0 Å². The Hall–Kier alpha value is -1.68. The maximum absolute atomic E-state index is 12.3. The molecule has 1 fully saturated rings. The van der Waals surface area contributed by atoms with Crippen LogP contribution in [0.4, 0.5) is 0 Å². The molecular weight excluding hydrogens is 242 g/mol. The quantitative estimate of drug-likeness (QED) is 0.614. The summed E-state index contributed by atoms with van der Waals surface area (Å²) in [5.41, 5.74) is 0.453. The van der Waals surface area contributed by atoms with Gasteiger partial charge in [-0.2, -0.15) is 0 Å². The number of nitrogens with zero attached hydrogens (tertiary/aromatic N) is 1. The average Bonchev–Trinajstić information content (AvgIpc) is 2.47. The Morgan fingerprint density at radius 3 is 2.68 bits per heavy atom. The molecule has 102 valence electrons. The van der Waals surface area contributed by atoms with Gasteiger partial charge in [0.25, 0.3) is 5.91 Å². The van der Waals surface area contributed by atoms with Crippen LogP contribution in [0.1, 0.15) is 29.6 Å². The molecule has 0 saturated carbocycles. The highest BCUT2D eigenvalue weighted by molar-refractivity contribution is 6.42. The van der Waals surface area contributed by atoms with Gasteiger partial charge in [-0.1, -0.05) is 30.3 Å². The molecule has 1 aliphatic rings. The summed E-state index contributed by atoms with van der Waals surface area (Å²) in [5.74, 6) is -0.837. The van der Waals surface area contributed by atoms with Gasteiger partial charge in [0.2, 0.25) is 5.78 Å². The minimum Gasteiger partial charge on any atom is -0.383 e. The van der Waals surface area contributed by atoms with Crippen molar-refractivity contribution < 1.29 is 14.3 Å². The van der Waals surface area contributed by atoms with E-state index in [0.717, 1.165) is 19.3 Å². The van der Waals surface area contributed by atoms with Crippen LogP contribution in [-0.4, -0.2) is 42.9 Å². The molecule has 1 aromatic rings. The summed E-state index contributed by atoms with van der Waals surface area (Å²) in [6, 6.07) is 8.74. The molecule has 0 aromatic heterocycles. The van der Waals surface area contributed by atoms with E-state index in [0.29, 0.717) is 18.7 Å². The number of benzene rings is 1. The normalized spacial score (nSPS) is 19.2. The summed E-state index contributed by atoms with van der Waals surface area (Å²) in [7, 11) is 1.62. The second-order valence-electron chi connectivity index (χ2n) is 4.80. The number of piperidine rings is 1. The van der Waals surface area contributed by atoms with Crippen LogP contribution in [0.3, 0.4) is 0 Å². The molecule has 4 heteroatoms. The zero-order valence-corrected chi connectivity index (χ0v) is 11.2. The van der Waals surface area contributed by atoms with Crippen molar-refractivity contribution in [1.82, 2.24) is 4.90 Å². The highest BCUT2D eigenvalue weighted by Gasteiger charge is 2.30. The summed E-state index contributed by atoms with van der Waals surface area (Å²) in [5, 5.41) is 0. The Kier molecular flexibility index (Phi) is 4.68. The molecule has 4 nitrogen and oxygen atoms in total. The molecule has 0 aliphatic carbocycles. The van der Waals surface area contributed by atoms with Crippen LogP contribution in [0.15, 0.2) is 30.3 Å². The third-order valence-corrected chi connectivity index (χ3v) is 3.48. The molecule has 0 bridgehead atoms. The van der Waals surface area contributed by atoms with Crippen molar-refractivity contribution in [3.05, 3.63) is 35.9 Å². The Labute approximate surface area is 113 Å². The molecule has 2 rings (SSSR count). The van der Waals surface area contributed by atoms with Crippen molar-refractivity contribution in [2.75, 3.05) is 20.3 Å². The van der Waals surface area contributed by atoms with Gasteiger partial charge in [0.05, 0.1) is 12.6 Å².